The smallest absolute Gasteiger partial charge is 0.119 e. The van der Waals surface area contributed by atoms with E-state index < -0.39 is 6.10 Å². The lowest BCUT2D eigenvalue weighted by Crippen LogP contribution is -2.30. The third-order valence-corrected chi connectivity index (χ3v) is 2.34. The van der Waals surface area contributed by atoms with Crippen molar-refractivity contribution in [2.75, 3.05) is 13.7 Å². The van der Waals surface area contributed by atoms with E-state index in [9.17, 15) is 5.11 Å². The van der Waals surface area contributed by atoms with Crippen LogP contribution in [0.2, 0.25) is 0 Å². The second-order valence-electron chi connectivity index (χ2n) is 3.46. The summed E-state index contributed by atoms with van der Waals surface area (Å²) in [4.78, 5) is 0. The molecule has 2 unspecified atom stereocenters. The average molecular weight is 210 g/mol. The molecule has 0 amide bonds. The molecule has 2 atom stereocenters. The molecular weight excluding hydrogens is 192 g/mol. The summed E-state index contributed by atoms with van der Waals surface area (Å²) in [5, 5.41) is 9.90. The lowest BCUT2D eigenvalue weighted by molar-refractivity contribution is 0.143. The topological polar surface area (TPSA) is 81.5 Å². The monoisotopic (exact) mass is 210 g/mol. The van der Waals surface area contributed by atoms with Crippen LogP contribution >= 0.6 is 0 Å². The van der Waals surface area contributed by atoms with Gasteiger partial charge in [-0.3, -0.25) is 0 Å². The highest BCUT2D eigenvalue weighted by molar-refractivity contribution is 5.30. The summed E-state index contributed by atoms with van der Waals surface area (Å²) in [6.07, 6.45) is -0.0955. The number of aliphatic hydroxyl groups is 1. The Labute approximate surface area is 89.8 Å². The largest absolute Gasteiger partial charge is 0.497 e. The molecule has 0 saturated carbocycles. The summed E-state index contributed by atoms with van der Waals surface area (Å²) >= 11 is 0. The fraction of sp³-hybridized carbons (Fsp3) is 0.455. The lowest BCUT2D eigenvalue weighted by Gasteiger charge is -2.18. The van der Waals surface area contributed by atoms with Crippen molar-refractivity contribution in [3.05, 3.63) is 29.8 Å². The molecule has 0 bridgehead atoms. The standard InChI is InChI=1S/C11H18N2O2/c1-15-9-4-2-3-8(7-9)11(14)10(13)5-6-12/h2-4,7,10-11,14H,5-6,12-13H2,1H3. The van der Waals surface area contributed by atoms with Crippen molar-refractivity contribution < 1.29 is 9.84 Å². The molecule has 1 rings (SSSR count). The van der Waals surface area contributed by atoms with Gasteiger partial charge in [0.2, 0.25) is 0 Å². The van der Waals surface area contributed by atoms with Crippen molar-refractivity contribution >= 4 is 0 Å². The summed E-state index contributed by atoms with van der Waals surface area (Å²) in [6.45, 7) is 0.474. The number of hydrogen-bond acceptors (Lipinski definition) is 4. The molecule has 84 valence electrons. The van der Waals surface area contributed by atoms with Gasteiger partial charge in [-0.05, 0) is 30.7 Å². The van der Waals surface area contributed by atoms with E-state index in [1.54, 1.807) is 13.2 Å². The maximum atomic E-state index is 9.90. The molecule has 1 aromatic carbocycles. The van der Waals surface area contributed by atoms with Crippen LogP contribution in [-0.2, 0) is 0 Å². The van der Waals surface area contributed by atoms with Crippen molar-refractivity contribution in [1.82, 2.24) is 0 Å². The van der Waals surface area contributed by atoms with Crippen LogP contribution in [0.3, 0.4) is 0 Å². The molecule has 4 nitrogen and oxygen atoms in total. The maximum Gasteiger partial charge on any atom is 0.119 e. The molecule has 0 aromatic heterocycles. The molecule has 0 saturated heterocycles. The predicted molar refractivity (Wildman–Crippen MR) is 59.6 cm³/mol. The Balaban J connectivity index is 2.76. The van der Waals surface area contributed by atoms with E-state index in [-0.39, 0.29) is 6.04 Å². The predicted octanol–water partition coefficient (Wildman–Crippen LogP) is 0.405. The summed E-state index contributed by atoms with van der Waals surface area (Å²) in [7, 11) is 1.59. The first-order valence-corrected chi connectivity index (χ1v) is 4.96. The minimum Gasteiger partial charge on any atom is -0.497 e. The Hall–Kier alpha value is -1.10. The molecule has 0 spiro atoms. The highest BCUT2D eigenvalue weighted by atomic mass is 16.5. The van der Waals surface area contributed by atoms with Crippen LogP contribution < -0.4 is 16.2 Å². The molecule has 0 heterocycles. The van der Waals surface area contributed by atoms with Gasteiger partial charge < -0.3 is 21.3 Å². The van der Waals surface area contributed by atoms with E-state index in [1.807, 2.05) is 18.2 Å². The Morgan fingerprint density at radius 1 is 1.47 bits per heavy atom. The van der Waals surface area contributed by atoms with Gasteiger partial charge in [-0.25, -0.2) is 0 Å². The number of hydrogen-bond donors (Lipinski definition) is 3. The van der Waals surface area contributed by atoms with Crippen LogP contribution in [-0.4, -0.2) is 24.8 Å². The van der Waals surface area contributed by atoms with E-state index in [1.165, 1.54) is 0 Å². The highest BCUT2D eigenvalue weighted by Gasteiger charge is 2.16. The van der Waals surface area contributed by atoms with Gasteiger partial charge in [0, 0.05) is 6.04 Å². The van der Waals surface area contributed by atoms with Crippen LogP contribution in [0.15, 0.2) is 24.3 Å². The molecule has 0 fully saturated rings. The van der Waals surface area contributed by atoms with Crippen LogP contribution in [0, 0.1) is 0 Å². The van der Waals surface area contributed by atoms with Crippen LogP contribution in [0.4, 0.5) is 0 Å². The minimum absolute atomic E-state index is 0.331. The zero-order valence-electron chi connectivity index (χ0n) is 8.89. The van der Waals surface area contributed by atoms with Crippen LogP contribution in [0.5, 0.6) is 5.75 Å². The van der Waals surface area contributed by atoms with Gasteiger partial charge in [0.25, 0.3) is 0 Å². The number of methoxy groups -OCH3 is 1. The van der Waals surface area contributed by atoms with Crippen LogP contribution in [0.1, 0.15) is 18.1 Å². The van der Waals surface area contributed by atoms with Crippen LogP contribution in [0.25, 0.3) is 0 Å². The SMILES string of the molecule is COc1cccc(C(O)C(N)CCN)c1. The zero-order chi connectivity index (χ0) is 11.3. The second kappa shape index (κ2) is 5.70. The lowest BCUT2D eigenvalue weighted by atomic mass is 10.0. The van der Waals surface area contributed by atoms with Gasteiger partial charge in [-0.1, -0.05) is 12.1 Å². The Kier molecular flexibility index (Phi) is 4.55. The fourth-order valence-electron chi connectivity index (χ4n) is 1.42. The first-order chi connectivity index (χ1) is 7.19. The molecule has 1 aromatic rings. The Morgan fingerprint density at radius 3 is 2.80 bits per heavy atom. The van der Waals surface area contributed by atoms with Gasteiger partial charge >= 0.3 is 0 Å². The number of aliphatic hydroxyl groups excluding tert-OH is 1. The summed E-state index contributed by atoms with van der Waals surface area (Å²) in [5.41, 5.74) is 11.9. The van der Waals surface area contributed by atoms with Gasteiger partial charge in [-0.2, -0.15) is 0 Å². The summed E-state index contributed by atoms with van der Waals surface area (Å²) in [5.74, 6) is 0.714. The number of rotatable bonds is 5. The molecular formula is C11H18N2O2. The van der Waals surface area contributed by atoms with Gasteiger partial charge in [0.1, 0.15) is 5.75 Å². The van der Waals surface area contributed by atoms with Gasteiger partial charge in [-0.15, -0.1) is 0 Å². The van der Waals surface area contributed by atoms with E-state index in [0.29, 0.717) is 18.7 Å². The normalized spacial score (nSPS) is 14.7. The first-order valence-electron chi connectivity index (χ1n) is 4.96. The molecule has 0 aliphatic heterocycles. The molecule has 4 heteroatoms. The maximum absolute atomic E-state index is 9.90. The number of nitrogens with two attached hydrogens (primary N) is 2. The van der Waals surface area contributed by atoms with E-state index in [0.717, 1.165) is 5.56 Å². The minimum atomic E-state index is -0.691. The molecule has 5 N–H and O–H groups in total. The quantitative estimate of drug-likeness (QED) is 0.657. The molecule has 0 aliphatic rings. The van der Waals surface area contributed by atoms with Crippen molar-refractivity contribution in [1.29, 1.82) is 0 Å². The average Bonchev–Trinajstić information content (AvgIpc) is 2.28. The third-order valence-electron chi connectivity index (χ3n) is 2.34. The second-order valence-corrected chi connectivity index (χ2v) is 3.46. The Bertz CT molecular complexity index is 304. The van der Waals surface area contributed by atoms with Gasteiger partial charge in [0.05, 0.1) is 13.2 Å². The van der Waals surface area contributed by atoms with Crippen molar-refractivity contribution in [2.45, 2.75) is 18.6 Å². The van der Waals surface area contributed by atoms with Crippen molar-refractivity contribution in [3.8, 4) is 5.75 Å². The van der Waals surface area contributed by atoms with Crippen molar-refractivity contribution in [3.63, 3.8) is 0 Å². The molecule has 0 aliphatic carbocycles. The molecule has 15 heavy (non-hydrogen) atoms. The number of ether oxygens (including phenoxy) is 1. The van der Waals surface area contributed by atoms with Crippen molar-refractivity contribution in [2.24, 2.45) is 11.5 Å². The fourth-order valence-corrected chi connectivity index (χ4v) is 1.42. The molecule has 0 radical (unpaired) electrons. The van der Waals surface area contributed by atoms with E-state index >= 15 is 0 Å². The number of benzene rings is 1. The van der Waals surface area contributed by atoms with E-state index in [4.69, 9.17) is 16.2 Å². The Morgan fingerprint density at radius 2 is 2.20 bits per heavy atom. The van der Waals surface area contributed by atoms with E-state index in [2.05, 4.69) is 0 Å². The summed E-state index contributed by atoms with van der Waals surface area (Å²) < 4.78 is 5.07. The van der Waals surface area contributed by atoms with Gasteiger partial charge in [0.15, 0.2) is 0 Å². The zero-order valence-corrected chi connectivity index (χ0v) is 8.89. The third kappa shape index (κ3) is 3.20. The highest BCUT2D eigenvalue weighted by Crippen LogP contribution is 2.21. The summed E-state index contributed by atoms with van der Waals surface area (Å²) in [6, 6.07) is 6.92. The first kappa shape index (κ1) is 12.0.